The van der Waals surface area contributed by atoms with Gasteiger partial charge in [-0.25, -0.2) is 9.78 Å². The van der Waals surface area contributed by atoms with Crippen LogP contribution in [0, 0.1) is 0 Å². The smallest absolute Gasteiger partial charge is 0.407 e. The van der Waals surface area contributed by atoms with E-state index in [4.69, 9.17) is 16.3 Å². The molecule has 0 saturated carbocycles. The molecule has 0 atom stereocenters. The summed E-state index contributed by atoms with van der Waals surface area (Å²) in [5, 5.41) is 19.9. The second-order valence-corrected chi connectivity index (χ2v) is 7.30. The predicted octanol–water partition coefficient (Wildman–Crippen LogP) is 3.56. The van der Waals surface area contributed by atoms with Crippen molar-refractivity contribution in [3.8, 4) is 22.8 Å². The van der Waals surface area contributed by atoms with Crippen LogP contribution in [-0.4, -0.2) is 63.9 Å². The first kappa shape index (κ1) is 19.2. The van der Waals surface area contributed by atoms with Gasteiger partial charge in [0, 0.05) is 62.0 Å². The minimum absolute atomic E-state index is 0.0381. The third-order valence-corrected chi connectivity index (χ3v) is 5.42. The van der Waals surface area contributed by atoms with Crippen molar-refractivity contribution in [1.29, 1.82) is 0 Å². The number of halogens is 1. The van der Waals surface area contributed by atoms with E-state index >= 15 is 0 Å². The van der Waals surface area contributed by atoms with Crippen LogP contribution in [0.5, 0.6) is 11.5 Å². The highest BCUT2D eigenvalue weighted by Crippen LogP contribution is 2.37. The van der Waals surface area contributed by atoms with Crippen LogP contribution >= 0.6 is 11.6 Å². The van der Waals surface area contributed by atoms with Crippen LogP contribution in [0.15, 0.2) is 36.7 Å². The lowest BCUT2D eigenvalue weighted by molar-refractivity contribution is 0.148. The van der Waals surface area contributed by atoms with Gasteiger partial charge in [-0.05, 0) is 18.6 Å². The summed E-state index contributed by atoms with van der Waals surface area (Å²) in [6.45, 7) is 2.42. The van der Waals surface area contributed by atoms with Gasteiger partial charge in [-0.1, -0.05) is 11.6 Å². The molecule has 0 aliphatic carbocycles. The summed E-state index contributed by atoms with van der Waals surface area (Å²) in [5.41, 5.74) is 2.83. The van der Waals surface area contributed by atoms with Gasteiger partial charge in [-0.15, -0.1) is 0 Å². The summed E-state index contributed by atoms with van der Waals surface area (Å²) < 4.78 is 7.00. The van der Waals surface area contributed by atoms with Crippen molar-refractivity contribution >= 4 is 29.0 Å². The van der Waals surface area contributed by atoms with Crippen molar-refractivity contribution in [3.63, 3.8) is 0 Å². The highest BCUT2D eigenvalue weighted by molar-refractivity contribution is 6.32. The van der Waals surface area contributed by atoms with Gasteiger partial charge < -0.3 is 29.2 Å². The summed E-state index contributed by atoms with van der Waals surface area (Å²) in [5.74, 6) is 0.437. The summed E-state index contributed by atoms with van der Waals surface area (Å²) in [7, 11) is 1.49. The molecule has 1 saturated heterocycles. The van der Waals surface area contributed by atoms with Crippen LogP contribution in [0.25, 0.3) is 16.9 Å². The van der Waals surface area contributed by atoms with Crippen LogP contribution < -0.4 is 9.64 Å². The molecule has 4 rings (SSSR count). The molecule has 2 N–H and O–H groups in total. The second kappa shape index (κ2) is 7.71. The monoisotopic (exact) mass is 416 g/mol. The number of nitrogens with zero attached hydrogens (tertiary/aromatic N) is 4. The Hall–Kier alpha value is -3.13. The molecule has 3 heterocycles. The van der Waals surface area contributed by atoms with Gasteiger partial charge in [0.15, 0.2) is 0 Å². The van der Waals surface area contributed by atoms with Crippen LogP contribution in [0.1, 0.15) is 6.42 Å². The average molecular weight is 417 g/mol. The number of carbonyl (C=O) groups is 1. The first-order valence-electron chi connectivity index (χ1n) is 9.24. The van der Waals surface area contributed by atoms with E-state index in [-0.39, 0.29) is 5.75 Å². The molecule has 8 nitrogen and oxygen atoms in total. The first-order chi connectivity index (χ1) is 14.0. The third kappa shape index (κ3) is 3.75. The molecule has 9 heteroatoms. The highest BCUT2D eigenvalue weighted by Gasteiger charge is 2.19. The van der Waals surface area contributed by atoms with E-state index in [1.54, 1.807) is 6.07 Å². The number of pyridine rings is 1. The molecular weight excluding hydrogens is 396 g/mol. The zero-order valence-electron chi connectivity index (χ0n) is 15.9. The maximum absolute atomic E-state index is 11.2. The lowest BCUT2D eigenvalue weighted by Gasteiger charge is -2.22. The number of imidazole rings is 1. The zero-order chi connectivity index (χ0) is 20.5. The number of aromatic nitrogens is 2. The molecule has 152 valence electrons. The minimum atomic E-state index is -0.877. The quantitative estimate of drug-likeness (QED) is 0.678. The fourth-order valence-corrected chi connectivity index (χ4v) is 3.81. The summed E-state index contributed by atoms with van der Waals surface area (Å²) in [6.07, 6.45) is 3.63. The number of rotatable bonds is 3. The van der Waals surface area contributed by atoms with E-state index in [1.807, 2.05) is 28.9 Å². The van der Waals surface area contributed by atoms with Crippen molar-refractivity contribution in [2.24, 2.45) is 0 Å². The molecule has 1 aromatic carbocycles. The number of aromatic hydroxyl groups is 1. The number of amides is 1. The molecule has 1 fully saturated rings. The highest BCUT2D eigenvalue weighted by atomic mass is 35.5. The van der Waals surface area contributed by atoms with E-state index in [2.05, 4.69) is 9.88 Å². The van der Waals surface area contributed by atoms with Crippen LogP contribution in [0.2, 0.25) is 5.02 Å². The molecule has 1 aliphatic heterocycles. The van der Waals surface area contributed by atoms with Crippen molar-refractivity contribution in [1.82, 2.24) is 14.3 Å². The number of hydrogen-bond donors (Lipinski definition) is 2. The molecule has 0 unspecified atom stereocenters. The molecule has 1 amide bonds. The Balaban J connectivity index is 1.63. The molecule has 2 aromatic heterocycles. The van der Waals surface area contributed by atoms with Gasteiger partial charge in [0.2, 0.25) is 0 Å². The predicted molar refractivity (Wildman–Crippen MR) is 110 cm³/mol. The Labute approximate surface area is 172 Å². The number of ether oxygens (including phenoxy) is 1. The maximum atomic E-state index is 11.2. The number of methoxy groups -OCH3 is 1. The third-order valence-electron chi connectivity index (χ3n) is 5.12. The number of benzene rings is 1. The van der Waals surface area contributed by atoms with Crippen LogP contribution in [-0.2, 0) is 0 Å². The standard InChI is InChI=1S/C20H21ClN4O4/c1-29-18-11-17(26)14(10-15(18)21)16-12-25-6-3-13(9-19(25)22-16)23-4-2-5-24(8-7-23)20(27)28/h3,6,9-12,26H,2,4-5,7-8H2,1H3,(H,27,28). The SMILES string of the molecule is COc1cc(O)c(-c2cn3ccc(N4CCCN(C(=O)O)CC4)cc3n2)cc1Cl. The van der Waals surface area contributed by atoms with E-state index in [0.29, 0.717) is 41.7 Å². The van der Waals surface area contributed by atoms with Crippen molar-refractivity contribution in [3.05, 3.63) is 41.7 Å². The fraction of sp³-hybridized carbons (Fsp3) is 0.300. The lowest BCUT2D eigenvalue weighted by atomic mass is 10.1. The minimum Gasteiger partial charge on any atom is -0.507 e. The van der Waals surface area contributed by atoms with Crippen LogP contribution in [0.3, 0.4) is 0 Å². The Morgan fingerprint density at radius 2 is 2.03 bits per heavy atom. The van der Waals surface area contributed by atoms with Crippen molar-refractivity contribution < 1.29 is 19.7 Å². The molecular formula is C20H21ClN4O4. The van der Waals surface area contributed by atoms with Gasteiger partial charge >= 0.3 is 6.09 Å². The number of phenols is 1. The van der Waals surface area contributed by atoms with Crippen molar-refractivity contribution in [2.45, 2.75) is 6.42 Å². The Bertz CT molecular complexity index is 1070. The first-order valence-corrected chi connectivity index (χ1v) is 9.62. The van der Waals surface area contributed by atoms with Gasteiger partial charge in [0.1, 0.15) is 17.1 Å². The summed E-state index contributed by atoms with van der Waals surface area (Å²) in [4.78, 5) is 19.5. The number of carboxylic acid groups (broad SMARTS) is 1. The number of anilines is 1. The Morgan fingerprint density at radius 1 is 1.21 bits per heavy atom. The lowest BCUT2D eigenvalue weighted by Crippen LogP contribution is -2.34. The molecule has 1 aliphatic rings. The van der Waals surface area contributed by atoms with E-state index in [0.717, 1.165) is 24.3 Å². The number of phenolic OH excluding ortho intramolecular Hbond substituents is 1. The number of fused-ring (bicyclic) bond motifs is 1. The average Bonchev–Trinajstić information content (AvgIpc) is 2.96. The van der Waals surface area contributed by atoms with Crippen LogP contribution in [0.4, 0.5) is 10.5 Å². The number of hydrogen-bond acceptors (Lipinski definition) is 5. The Kier molecular flexibility index (Phi) is 5.10. The molecule has 0 radical (unpaired) electrons. The normalized spacial score (nSPS) is 14.8. The largest absolute Gasteiger partial charge is 0.507 e. The second-order valence-electron chi connectivity index (χ2n) is 6.89. The Morgan fingerprint density at radius 3 is 2.79 bits per heavy atom. The maximum Gasteiger partial charge on any atom is 0.407 e. The molecule has 29 heavy (non-hydrogen) atoms. The molecule has 3 aromatic rings. The summed E-state index contributed by atoms with van der Waals surface area (Å²) in [6, 6.07) is 7.05. The summed E-state index contributed by atoms with van der Waals surface area (Å²) >= 11 is 6.20. The van der Waals surface area contributed by atoms with E-state index < -0.39 is 6.09 Å². The van der Waals surface area contributed by atoms with E-state index in [9.17, 15) is 15.0 Å². The topological polar surface area (TPSA) is 90.5 Å². The van der Waals surface area contributed by atoms with Gasteiger partial charge in [-0.3, -0.25) is 0 Å². The fourth-order valence-electron chi connectivity index (χ4n) is 3.57. The van der Waals surface area contributed by atoms with E-state index in [1.165, 1.54) is 18.1 Å². The van der Waals surface area contributed by atoms with Crippen molar-refractivity contribution in [2.75, 3.05) is 38.2 Å². The van der Waals surface area contributed by atoms with Gasteiger partial charge in [-0.2, -0.15) is 0 Å². The van der Waals surface area contributed by atoms with Gasteiger partial charge in [0.25, 0.3) is 0 Å². The molecule has 0 spiro atoms. The molecule has 0 bridgehead atoms. The van der Waals surface area contributed by atoms with Gasteiger partial charge in [0.05, 0.1) is 17.8 Å². The zero-order valence-corrected chi connectivity index (χ0v) is 16.6.